The lowest BCUT2D eigenvalue weighted by Gasteiger charge is -2.07. The number of nitrogens with one attached hydrogen (secondary N) is 1. The van der Waals surface area contributed by atoms with Gasteiger partial charge in [0, 0.05) is 16.8 Å². The first-order chi connectivity index (χ1) is 8.88. The van der Waals surface area contributed by atoms with Crippen LogP contribution in [0.3, 0.4) is 0 Å². The van der Waals surface area contributed by atoms with Gasteiger partial charge in [0.1, 0.15) is 5.01 Å². The predicted octanol–water partition coefficient (Wildman–Crippen LogP) is 1.82. The van der Waals surface area contributed by atoms with Gasteiger partial charge in [-0.2, -0.15) is 0 Å². The molecule has 0 amide bonds. The molecule has 0 radical (unpaired) electrons. The maximum atomic E-state index is 12.1. The monoisotopic (exact) mass is 297 g/mol. The highest BCUT2D eigenvalue weighted by Crippen LogP contribution is 2.17. The Morgan fingerprint density at radius 1 is 1.37 bits per heavy atom. The fourth-order valence-corrected chi connectivity index (χ4v) is 3.43. The van der Waals surface area contributed by atoms with Crippen LogP contribution in [-0.4, -0.2) is 13.4 Å². The molecule has 2 aromatic rings. The summed E-state index contributed by atoms with van der Waals surface area (Å²) in [6.07, 6.45) is 1.72. The van der Waals surface area contributed by atoms with Gasteiger partial charge in [-0.25, -0.2) is 18.1 Å². The molecule has 0 aliphatic rings. The molecule has 1 heterocycles. The van der Waals surface area contributed by atoms with E-state index < -0.39 is 10.0 Å². The van der Waals surface area contributed by atoms with E-state index in [-0.39, 0.29) is 11.4 Å². The van der Waals surface area contributed by atoms with E-state index in [0.717, 1.165) is 15.4 Å². The number of anilines is 1. The highest BCUT2D eigenvalue weighted by Gasteiger charge is 2.15. The first-order valence-corrected chi connectivity index (χ1v) is 7.95. The largest absolute Gasteiger partial charge is 0.399 e. The number of aromatic nitrogens is 1. The maximum absolute atomic E-state index is 12.1. The number of nitrogen functional groups attached to an aromatic ring is 1. The van der Waals surface area contributed by atoms with Crippen LogP contribution in [0.4, 0.5) is 5.69 Å². The molecule has 1 aromatic heterocycles. The topological polar surface area (TPSA) is 85.1 Å². The van der Waals surface area contributed by atoms with Crippen molar-refractivity contribution in [3.8, 4) is 0 Å². The minimum absolute atomic E-state index is 0.199. The molecule has 3 N–H and O–H groups in total. The predicted molar refractivity (Wildman–Crippen MR) is 76.5 cm³/mol. The Morgan fingerprint density at radius 3 is 2.68 bits per heavy atom. The molecule has 5 nitrogen and oxygen atoms in total. The molecule has 0 bridgehead atoms. The number of benzene rings is 1. The van der Waals surface area contributed by atoms with Crippen LogP contribution in [0.15, 0.2) is 29.3 Å². The summed E-state index contributed by atoms with van der Waals surface area (Å²) in [5, 5.41) is 0.744. The van der Waals surface area contributed by atoms with Gasteiger partial charge >= 0.3 is 0 Å². The van der Waals surface area contributed by atoms with E-state index in [2.05, 4.69) is 9.71 Å². The van der Waals surface area contributed by atoms with Crippen LogP contribution in [0.2, 0.25) is 0 Å². The van der Waals surface area contributed by atoms with Crippen LogP contribution < -0.4 is 10.5 Å². The molecule has 2 rings (SSSR count). The highest BCUT2D eigenvalue weighted by atomic mass is 32.2. The number of sulfonamides is 1. The van der Waals surface area contributed by atoms with Gasteiger partial charge in [0.15, 0.2) is 0 Å². The Morgan fingerprint density at radius 2 is 2.11 bits per heavy atom. The van der Waals surface area contributed by atoms with E-state index in [1.54, 1.807) is 25.3 Å². The molecule has 0 fully saturated rings. The molecule has 0 aliphatic carbocycles. The van der Waals surface area contributed by atoms with E-state index in [1.807, 2.05) is 6.92 Å². The minimum atomic E-state index is -3.53. The van der Waals surface area contributed by atoms with Crippen LogP contribution in [-0.2, 0) is 16.6 Å². The smallest absolute Gasteiger partial charge is 0.240 e. The van der Waals surface area contributed by atoms with Crippen LogP contribution in [0.5, 0.6) is 0 Å². The number of hydrogen-bond donors (Lipinski definition) is 2. The summed E-state index contributed by atoms with van der Waals surface area (Å²) in [5.74, 6) is 0. The third kappa shape index (κ3) is 3.31. The van der Waals surface area contributed by atoms with Crippen molar-refractivity contribution in [2.24, 2.45) is 0 Å². The number of nitrogens with zero attached hydrogens (tertiary/aromatic N) is 1. The molecule has 102 valence electrons. The highest BCUT2D eigenvalue weighted by molar-refractivity contribution is 7.89. The summed E-state index contributed by atoms with van der Waals surface area (Å²) in [7, 11) is -3.53. The normalized spacial score (nSPS) is 11.7. The molecular weight excluding hydrogens is 282 g/mol. The van der Waals surface area contributed by atoms with Gasteiger partial charge in [-0.1, -0.05) is 0 Å². The molecule has 0 atom stereocenters. The first kappa shape index (κ1) is 14.0. The number of rotatable bonds is 4. The van der Waals surface area contributed by atoms with Gasteiger partial charge in [-0.3, -0.25) is 0 Å². The lowest BCUT2D eigenvalue weighted by atomic mass is 10.2. The van der Waals surface area contributed by atoms with Gasteiger partial charge in [-0.15, -0.1) is 11.3 Å². The quantitative estimate of drug-likeness (QED) is 0.843. The standard InChI is InChI=1S/C12H15N3O2S2/c1-8-5-10(3-4-11(8)13)19(16,17)15-7-12-14-6-9(2)18-12/h3-6,15H,7,13H2,1-2H3. The lowest BCUT2D eigenvalue weighted by Crippen LogP contribution is -2.23. The lowest BCUT2D eigenvalue weighted by molar-refractivity contribution is 0.581. The Balaban J connectivity index is 2.16. The van der Waals surface area contributed by atoms with E-state index in [0.29, 0.717) is 5.69 Å². The SMILES string of the molecule is Cc1cnc(CNS(=O)(=O)c2ccc(N)c(C)c2)s1. The number of nitrogens with two attached hydrogens (primary N) is 1. The van der Waals surface area contributed by atoms with Crippen molar-refractivity contribution < 1.29 is 8.42 Å². The van der Waals surface area contributed by atoms with E-state index in [9.17, 15) is 8.42 Å². The van der Waals surface area contributed by atoms with Crippen LogP contribution in [0, 0.1) is 13.8 Å². The average molecular weight is 297 g/mol. The summed E-state index contributed by atoms with van der Waals surface area (Å²) < 4.78 is 26.7. The van der Waals surface area contributed by atoms with Crippen molar-refractivity contribution in [2.45, 2.75) is 25.3 Å². The maximum Gasteiger partial charge on any atom is 0.240 e. The number of hydrogen-bond acceptors (Lipinski definition) is 5. The molecule has 0 saturated carbocycles. The Labute approximate surface area is 116 Å². The van der Waals surface area contributed by atoms with Gasteiger partial charge in [0.2, 0.25) is 10.0 Å². The Kier molecular flexibility index (Phi) is 3.88. The molecule has 0 saturated heterocycles. The van der Waals surface area contributed by atoms with Crippen molar-refractivity contribution in [1.82, 2.24) is 9.71 Å². The fraction of sp³-hybridized carbons (Fsp3) is 0.250. The van der Waals surface area contributed by atoms with Crippen molar-refractivity contribution in [1.29, 1.82) is 0 Å². The number of thiazole rings is 1. The van der Waals surface area contributed by atoms with Crippen molar-refractivity contribution in [3.05, 3.63) is 39.8 Å². The molecular formula is C12H15N3O2S2. The summed E-state index contributed by atoms with van der Waals surface area (Å²) >= 11 is 1.47. The molecule has 0 aliphatic heterocycles. The average Bonchev–Trinajstić information content (AvgIpc) is 2.76. The van der Waals surface area contributed by atoms with Gasteiger partial charge in [0.05, 0.1) is 11.4 Å². The summed E-state index contributed by atoms with van der Waals surface area (Å²) in [5.41, 5.74) is 7.00. The van der Waals surface area contributed by atoms with E-state index >= 15 is 0 Å². The molecule has 7 heteroatoms. The zero-order valence-electron chi connectivity index (χ0n) is 10.7. The molecule has 19 heavy (non-hydrogen) atoms. The first-order valence-electron chi connectivity index (χ1n) is 5.65. The second kappa shape index (κ2) is 5.28. The zero-order chi connectivity index (χ0) is 14.0. The van der Waals surface area contributed by atoms with Crippen LogP contribution >= 0.6 is 11.3 Å². The summed E-state index contributed by atoms with van der Waals surface area (Å²) in [6, 6.07) is 4.65. The summed E-state index contributed by atoms with van der Waals surface area (Å²) in [4.78, 5) is 5.38. The molecule has 1 aromatic carbocycles. The second-order valence-corrected chi connectivity index (χ2v) is 7.29. The van der Waals surface area contributed by atoms with Crippen molar-refractivity contribution in [3.63, 3.8) is 0 Å². The van der Waals surface area contributed by atoms with E-state index in [1.165, 1.54) is 17.4 Å². The minimum Gasteiger partial charge on any atom is -0.399 e. The Bertz CT molecular complexity index is 693. The van der Waals surface area contributed by atoms with E-state index in [4.69, 9.17) is 5.73 Å². The van der Waals surface area contributed by atoms with Crippen LogP contribution in [0.1, 0.15) is 15.4 Å². The zero-order valence-corrected chi connectivity index (χ0v) is 12.3. The fourth-order valence-electron chi connectivity index (χ4n) is 1.54. The Hall–Kier alpha value is -1.44. The van der Waals surface area contributed by atoms with Crippen molar-refractivity contribution >= 4 is 27.0 Å². The second-order valence-electron chi connectivity index (χ2n) is 4.21. The molecule has 0 spiro atoms. The third-order valence-corrected chi connectivity index (χ3v) is 4.95. The van der Waals surface area contributed by atoms with Gasteiger partial charge < -0.3 is 5.73 Å². The summed E-state index contributed by atoms with van der Waals surface area (Å²) in [6.45, 7) is 3.90. The number of aryl methyl sites for hydroxylation is 2. The van der Waals surface area contributed by atoms with Crippen LogP contribution in [0.25, 0.3) is 0 Å². The van der Waals surface area contributed by atoms with Gasteiger partial charge in [0.25, 0.3) is 0 Å². The third-order valence-electron chi connectivity index (χ3n) is 2.63. The van der Waals surface area contributed by atoms with Gasteiger partial charge in [-0.05, 0) is 37.6 Å². The van der Waals surface area contributed by atoms with Crippen molar-refractivity contribution in [2.75, 3.05) is 5.73 Å². The molecule has 0 unspecified atom stereocenters.